The average molecular weight is 906 g/mol. The highest BCUT2D eigenvalue weighted by molar-refractivity contribution is 6.14. The van der Waals surface area contributed by atoms with Crippen LogP contribution in [-0.4, -0.2) is 31.2 Å². The molecule has 1 unspecified atom stereocenters. The van der Waals surface area contributed by atoms with E-state index in [4.69, 9.17) is 37.1 Å². The molecular weight excluding hydrogens is 863 g/mol. The van der Waals surface area contributed by atoms with Gasteiger partial charge in [-0.3, -0.25) is 4.79 Å². The maximum absolute atomic E-state index is 12.8. The van der Waals surface area contributed by atoms with Crippen molar-refractivity contribution >= 4 is 46.4 Å². The predicted octanol–water partition coefficient (Wildman–Crippen LogP) is 16.2. The van der Waals surface area contributed by atoms with Crippen LogP contribution in [0.3, 0.4) is 0 Å². The Labute approximate surface area is 390 Å². The van der Waals surface area contributed by atoms with Gasteiger partial charge in [-0.1, -0.05) is 128 Å². The number of nitrogens with zero attached hydrogens (tertiary/aromatic N) is 15. The van der Waals surface area contributed by atoms with Gasteiger partial charge < -0.3 is 14.6 Å². The molecule has 0 radical (unpaired) electrons. The highest BCUT2D eigenvalue weighted by Gasteiger charge is 2.26. The molecule has 338 valence electrons. The molecule has 6 aromatic rings. The van der Waals surface area contributed by atoms with Crippen molar-refractivity contribution in [3.05, 3.63) is 213 Å². The lowest BCUT2D eigenvalue weighted by atomic mass is 9.85. The smallest absolute Gasteiger partial charge is 0.185 e. The number of carbonyl (C=O) groups is 1. The maximum Gasteiger partial charge on any atom is 0.185 e. The van der Waals surface area contributed by atoms with Gasteiger partial charge in [0.25, 0.3) is 0 Å². The molecule has 0 bridgehead atoms. The molecule has 0 aliphatic heterocycles. The number of aliphatic hydroxyl groups is 1. The molecular formula is C49H43N15O4. The van der Waals surface area contributed by atoms with Crippen LogP contribution in [0, 0.1) is 20.8 Å². The second-order valence-electron chi connectivity index (χ2n) is 15.0. The van der Waals surface area contributed by atoms with E-state index in [-0.39, 0.29) is 5.78 Å². The SMILES string of the molecule is COc1cc(-c2ccc(N=[N+]=[N-])c(OC)c2)ccc1N=[N+]=[N-].Cc1cc(-c2ccc(N=[N+]=[N-])c(C)c2)ccc1N=[N+]=[N-].Cc1ccc(/C=C2\CC(O)C/C(=C\c3ccc(N=[N+]=[N-])cc3)C2=O)cc1. The molecule has 19 nitrogen and oxygen atoms in total. The van der Waals surface area contributed by atoms with Crippen molar-refractivity contribution in [2.45, 2.75) is 39.7 Å². The Hall–Kier alpha value is -9.42. The molecule has 1 aliphatic carbocycles. The number of rotatable bonds is 11. The van der Waals surface area contributed by atoms with Crippen LogP contribution >= 0.6 is 0 Å². The fraction of sp³-hybridized carbons (Fsp3) is 0.163. The van der Waals surface area contributed by atoms with Crippen molar-refractivity contribution < 1.29 is 19.4 Å². The molecule has 1 N–H and O–H groups in total. The normalized spacial score (nSPS) is 13.6. The van der Waals surface area contributed by atoms with E-state index in [9.17, 15) is 9.90 Å². The zero-order chi connectivity index (χ0) is 49.0. The first-order valence-corrected chi connectivity index (χ1v) is 20.6. The third-order valence-electron chi connectivity index (χ3n) is 10.3. The van der Waals surface area contributed by atoms with Crippen LogP contribution < -0.4 is 9.47 Å². The summed E-state index contributed by atoms with van der Waals surface area (Å²) in [5.74, 6) is 0.900. The first-order chi connectivity index (χ1) is 32.9. The van der Waals surface area contributed by atoms with Gasteiger partial charge >= 0.3 is 0 Å². The van der Waals surface area contributed by atoms with E-state index in [1.165, 1.54) is 14.2 Å². The van der Waals surface area contributed by atoms with E-state index in [0.29, 0.717) is 63.9 Å². The lowest BCUT2D eigenvalue weighted by Gasteiger charge is -2.21. The van der Waals surface area contributed by atoms with Crippen molar-refractivity contribution in [2.24, 2.45) is 25.6 Å². The van der Waals surface area contributed by atoms with Gasteiger partial charge in [-0.05, 0) is 129 Å². The van der Waals surface area contributed by atoms with Crippen LogP contribution in [0.5, 0.6) is 11.5 Å². The number of carbonyl (C=O) groups excluding carboxylic acids is 1. The molecule has 1 fully saturated rings. The average Bonchev–Trinajstić information content (AvgIpc) is 3.34. The molecule has 0 saturated heterocycles. The van der Waals surface area contributed by atoms with E-state index in [0.717, 1.165) is 50.1 Å². The minimum Gasteiger partial charge on any atom is -0.496 e. The van der Waals surface area contributed by atoms with E-state index in [1.807, 2.05) is 75.4 Å². The minimum absolute atomic E-state index is 0.0324. The first-order valence-electron chi connectivity index (χ1n) is 20.6. The quantitative estimate of drug-likeness (QED) is 0.0573. The third-order valence-corrected chi connectivity index (χ3v) is 10.3. The Morgan fingerprint density at radius 1 is 0.500 bits per heavy atom. The summed E-state index contributed by atoms with van der Waals surface area (Å²) in [6.07, 6.45) is 3.76. The Kier molecular flexibility index (Phi) is 17.9. The lowest BCUT2D eigenvalue weighted by Crippen LogP contribution is -2.23. The van der Waals surface area contributed by atoms with Gasteiger partial charge in [-0.15, -0.1) is 0 Å². The molecule has 1 atom stereocenters. The molecule has 7 rings (SSSR count). The maximum atomic E-state index is 12.8. The Bertz CT molecular complexity index is 3000. The zero-order valence-electron chi connectivity index (χ0n) is 37.6. The lowest BCUT2D eigenvalue weighted by molar-refractivity contribution is -0.113. The standard InChI is InChI=1S/C21H19N3O2.C14H12N6O2.C14H12N6/c1-14-2-4-15(5-3-14)10-17-12-20(25)13-18(21(17)26)11-16-6-8-19(9-7-16)23-24-22;1-21-13-7-9(3-5-11(13)17-19-15)10-4-6-12(18-20-16)14(8-10)22-2;1-9-7-11(3-5-13(9)17-19-15)12-4-6-14(18-20-16)10(2)8-12/h2-11,20,25H,12-13H2,1H3;3-8H,1-2H3;3-8H,1-2H3/b17-10+,18-11+;;. The zero-order valence-corrected chi connectivity index (χ0v) is 37.6. The van der Waals surface area contributed by atoms with Gasteiger partial charge in [0.1, 0.15) is 11.5 Å². The molecule has 0 amide bonds. The summed E-state index contributed by atoms with van der Waals surface area (Å²) in [5, 5.41) is 28.1. The summed E-state index contributed by atoms with van der Waals surface area (Å²) in [6.45, 7) is 5.81. The molecule has 0 heterocycles. The summed E-state index contributed by atoms with van der Waals surface area (Å²) >= 11 is 0. The second-order valence-corrected chi connectivity index (χ2v) is 15.0. The number of aliphatic hydroxyl groups excluding tert-OH is 1. The number of aryl methyl sites for hydroxylation is 3. The molecule has 68 heavy (non-hydrogen) atoms. The minimum atomic E-state index is -0.571. The predicted molar refractivity (Wildman–Crippen MR) is 264 cm³/mol. The van der Waals surface area contributed by atoms with E-state index in [1.54, 1.807) is 78.9 Å². The molecule has 0 spiro atoms. The summed E-state index contributed by atoms with van der Waals surface area (Å²) in [7, 11) is 3.00. The number of Topliss-reactive ketones (excluding diaryl/α,β-unsaturated/α-hetero) is 1. The molecule has 0 aromatic heterocycles. The van der Waals surface area contributed by atoms with Crippen LogP contribution in [0.1, 0.15) is 40.7 Å². The number of ketones is 1. The van der Waals surface area contributed by atoms with Gasteiger partial charge in [0.2, 0.25) is 0 Å². The largest absolute Gasteiger partial charge is 0.496 e. The summed E-state index contributed by atoms with van der Waals surface area (Å²) in [6, 6.07) is 36.7. The van der Waals surface area contributed by atoms with Gasteiger partial charge in [0.15, 0.2) is 5.78 Å². The topological polar surface area (TPSA) is 300 Å². The Morgan fingerprint density at radius 3 is 1.22 bits per heavy atom. The Balaban J connectivity index is 0.000000192. The number of hydrogen-bond acceptors (Lipinski definition) is 9. The number of azide groups is 5. The molecule has 1 saturated carbocycles. The van der Waals surface area contributed by atoms with Gasteiger partial charge in [-0.2, -0.15) is 0 Å². The first kappa shape index (κ1) is 49.6. The van der Waals surface area contributed by atoms with Crippen LogP contribution in [0.25, 0.3) is 86.6 Å². The summed E-state index contributed by atoms with van der Waals surface area (Å²) in [4.78, 5) is 26.6. The number of ether oxygens (including phenoxy) is 2. The number of methoxy groups -OCH3 is 2. The summed E-state index contributed by atoms with van der Waals surface area (Å²) < 4.78 is 10.4. The van der Waals surface area contributed by atoms with Crippen LogP contribution in [0.4, 0.5) is 28.4 Å². The molecule has 6 aromatic carbocycles. The van der Waals surface area contributed by atoms with Crippen molar-refractivity contribution in [3.8, 4) is 33.8 Å². The highest BCUT2D eigenvalue weighted by Crippen LogP contribution is 2.37. The van der Waals surface area contributed by atoms with Crippen LogP contribution in [0.15, 0.2) is 158 Å². The van der Waals surface area contributed by atoms with Crippen molar-refractivity contribution in [1.82, 2.24) is 0 Å². The third kappa shape index (κ3) is 13.5. The van der Waals surface area contributed by atoms with Crippen molar-refractivity contribution in [2.75, 3.05) is 14.2 Å². The fourth-order valence-electron chi connectivity index (χ4n) is 6.94. The van der Waals surface area contributed by atoms with E-state index < -0.39 is 6.10 Å². The van der Waals surface area contributed by atoms with Crippen molar-refractivity contribution in [3.63, 3.8) is 0 Å². The second kappa shape index (κ2) is 24.6. The van der Waals surface area contributed by atoms with Crippen LogP contribution in [-0.2, 0) is 4.79 Å². The number of benzene rings is 6. The van der Waals surface area contributed by atoms with Gasteiger partial charge in [-0.25, -0.2) is 0 Å². The monoisotopic (exact) mass is 905 g/mol. The fourth-order valence-corrected chi connectivity index (χ4v) is 6.94. The van der Waals surface area contributed by atoms with Gasteiger partial charge in [0, 0.05) is 65.6 Å². The van der Waals surface area contributed by atoms with Crippen molar-refractivity contribution in [1.29, 1.82) is 0 Å². The number of hydrogen-bond donors (Lipinski definition) is 1. The van der Waals surface area contributed by atoms with Gasteiger partial charge in [0.05, 0.1) is 31.7 Å². The summed E-state index contributed by atoms with van der Waals surface area (Å²) in [5.41, 5.74) is 54.7. The Morgan fingerprint density at radius 2 is 0.853 bits per heavy atom. The highest BCUT2D eigenvalue weighted by atomic mass is 16.5. The van der Waals surface area contributed by atoms with Crippen LogP contribution in [0.2, 0.25) is 0 Å². The molecule has 19 heteroatoms. The van der Waals surface area contributed by atoms with E-state index >= 15 is 0 Å². The van der Waals surface area contributed by atoms with E-state index in [2.05, 4.69) is 50.1 Å². The molecule has 1 aliphatic rings.